The summed E-state index contributed by atoms with van der Waals surface area (Å²) < 4.78 is 6.87. The van der Waals surface area contributed by atoms with Gasteiger partial charge in [-0.05, 0) is 71.8 Å². The molecule has 0 unspecified atom stereocenters. The minimum atomic E-state index is -0.294. The van der Waals surface area contributed by atoms with Gasteiger partial charge in [0.1, 0.15) is 5.76 Å². The second-order valence-corrected chi connectivity index (χ2v) is 8.60. The fourth-order valence-electron chi connectivity index (χ4n) is 3.28. The van der Waals surface area contributed by atoms with Crippen molar-refractivity contribution in [2.24, 2.45) is 0 Å². The summed E-state index contributed by atoms with van der Waals surface area (Å²) in [4.78, 5) is 27.2. The van der Waals surface area contributed by atoms with Gasteiger partial charge in [-0.1, -0.05) is 30.0 Å². The maximum absolute atomic E-state index is 13.0. The van der Waals surface area contributed by atoms with Gasteiger partial charge >= 0.3 is 0 Å². The lowest BCUT2D eigenvalue weighted by Crippen LogP contribution is -2.31. The first-order valence-electron chi connectivity index (χ1n) is 10.6. The van der Waals surface area contributed by atoms with E-state index in [4.69, 9.17) is 4.42 Å². The molecule has 0 aliphatic heterocycles. The van der Waals surface area contributed by atoms with Gasteiger partial charge in [0, 0.05) is 7.05 Å². The van der Waals surface area contributed by atoms with Crippen LogP contribution in [0.25, 0.3) is 5.69 Å². The van der Waals surface area contributed by atoms with Crippen LogP contribution in [0.4, 0.5) is 5.69 Å². The molecule has 2 heterocycles. The number of nitrogens with one attached hydrogen (secondary N) is 1. The number of carbonyl (C=O) groups excluding carboxylic acids is 2. The number of aryl methyl sites for hydroxylation is 2. The Bertz CT molecular complexity index is 1300. The molecule has 0 aliphatic rings. The number of carbonyl (C=O) groups is 2. The van der Waals surface area contributed by atoms with Crippen molar-refractivity contribution in [2.45, 2.75) is 25.5 Å². The quantitative estimate of drug-likeness (QED) is 0.388. The number of amides is 2. The van der Waals surface area contributed by atoms with Gasteiger partial charge in [0.2, 0.25) is 11.1 Å². The highest BCUT2D eigenvalue weighted by atomic mass is 32.2. The molecule has 0 aliphatic carbocycles. The molecule has 0 fully saturated rings. The number of tetrazole rings is 1. The number of hydrogen-bond donors (Lipinski definition) is 1. The number of aromatic nitrogens is 4. The maximum Gasteiger partial charge on any atom is 0.253 e. The lowest BCUT2D eigenvalue weighted by molar-refractivity contribution is -0.115. The van der Waals surface area contributed by atoms with E-state index >= 15 is 0 Å². The molecule has 0 radical (unpaired) electrons. The van der Waals surface area contributed by atoms with Crippen LogP contribution in [0.5, 0.6) is 0 Å². The summed E-state index contributed by atoms with van der Waals surface area (Å²) in [7, 11) is 1.65. The molecule has 0 spiro atoms. The minimum Gasteiger partial charge on any atom is -0.467 e. The van der Waals surface area contributed by atoms with Crippen LogP contribution in [0.1, 0.15) is 27.2 Å². The largest absolute Gasteiger partial charge is 0.467 e. The summed E-state index contributed by atoms with van der Waals surface area (Å²) in [5.41, 5.74) is 4.04. The molecule has 34 heavy (non-hydrogen) atoms. The standard InChI is InChI=1S/C24H24N6O3S/c1-16-10-11-18(13-17(16)2)30-24(26-27-28-30)34-15-22(31)29(3)21-9-5-4-8-20(21)23(32)25-14-19-7-6-12-33-19/h4-13H,14-15H2,1-3H3,(H,25,32). The number of para-hydroxylation sites is 1. The van der Waals surface area contributed by atoms with Gasteiger partial charge in [-0.2, -0.15) is 4.68 Å². The Balaban J connectivity index is 1.44. The highest BCUT2D eigenvalue weighted by molar-refractivity contribution is 7.99. The van der Waals surface area contributed by atoms with Gasteiger partial charge in [-0.15, -0.1) is 5.10 Å². The van der Waals surface area contributed by atoms with Crippen molar-refractivity contribution in [3.63, 3.8) is 0 Å². The molecule has 0 saturated carbocycles. The van der Waals surface area contributed by atoms with Crippen LogP contribution < -0.4 is 10.2 Å². The number of anilines is 1. The first-order valence-corrected chi connectivity index (χ1v) is 11.6. The highest BCUT2D eigenvalue weighted by Gasteiger charge is 2.20. The number of benzene rings is 2. The van der Waals surface area contributed by atoms with E-state index < -0.39 is 0 Å². The Hall–Kier alpha value is -3.92. The van der Waals surface area contributed by atoms with Crippen LogP contribution in [0.2, 0.25) is 0 Å². The fraction of sp³-hybridized carbons (Fsp3) is 0.208. The van der Waals surface area contributed by atoms with Crippen LogP contribution >= 0.6 is 11.8 Å². The monoisotopic (exact) mass is 476 g/mol. The molecule has 4 rings (SSSR count). The number of rotatable bonds is 8. The van der Waals surface area contributed by atoms with Crippen molar-refractivity contribution < 1.29 is 14.0 Å². The van der Waals surface area contributed by atoms with Crippen molar-refractivity contribution in [1.29, 1.82) is 0 Å². The molecule has 174 valence electrons. The minimum absolute atomic E-state index is 0.101. The lowest BCUT2D eigenvalue weighted by Gasteiger charge is -2.20. The first-order chi connectivity index (χ1) is 16.4. The predicted octanol–water partition coefficient (Wildman–Crippen LogP) is 3.56. The average Bonchev–Trinajstić information content (AvgIpc) is 3.54. The van der Waals surface area contributed by atoms with Crippen molar-refractivity contribution >= 4 is 29.3 Å². The van der Waals surface area contributed by atoms with Crippen LogP contribution in [-0.4, -0.2) is 44.8 Å². The van der Waals surface area contributed by atoms with E-state index in [0.717, 1.165) is 11.3 Å². The summed E-state index contributed by atoms with van der Waals surface area (Å²) in [5.74, 6) is 0.265. The van der Waals surface area contributed by atoms with E-state index in [9.17, 15) is 9.59 Å². The predicted molar refractivity (Wildman–Crippen MR) is 129 cm³/mol. The molecule has 0 bridgehead atoms. The third-order valence-electron chi connectivity index (χ3n) is 5.39. The Labute approximate surface area is 201 Å². The molecule has 2 aromatic heterocycles. The third-order valence-corrected chi connectivity index (χ3v) is 6.29. The fourth-order valence-corrected chi connectivity index (χ4v) is 4.08. The third kappa shape index (κ3) is 5.18. The molecular weight excluding hydrogens is 452 g/mol. The second kappa shape index (κ2) is 10.3. The van der Waals surface area contributed by atoms with Gasteiger partial charge in [0.05, 0.1) is 35.5 Å². The van der Waals surface area contributed by atoms with Crippen LogP contribution in [0.15, 0.2) is 70.4 Å². The Morgan fingerprint density at radius 2 is 1.91 bits per heavy atom. The molecule has 4 aromatic rings. The lowest BCUT2D eigenvalue weighted by atomic mass is 10.1. The van der Waals surface area contributed by atoms with Crippen molar-refractivity contribution in [3.05, 3.63) is 83.3 Å². The van der Waals surface area contributed by atoms with Gasteiger partial charge in [-0.25, -0.2) is 0 Å². The second-order valence-electron chi connectivity index (χ2n) is 7.66. The molecule has 2 aromatic carbocycles. The first kappa shape index (κ1) is 23.2. The molecule has 0 saturated heterocycles. The van der Waals surface area contributed by atoms with Gasteiger partial charge in [0.15, 0.2) is 0 Å². The summed E-state index contributed by atoms with van der Waals surface area (Å²) in [6.45, 7) is 4.32. The number of hydrogen-bond acceptors (Lipinski definition) is 7. The summed E-state index contributed by atoms with van der Waals surface area (Å²) in [5, 5.41) is 15.2. The van der Waals surface area contributed by atoms with Crippen molar-refractivity contribution in [3.8, 4) is 5.69 Å². The van der Waals surface area contributed by atoms with Crippen LogP contribution in [-0.2, 0) is 11.3 Å². The van der Waals surface area contributed by atoms with E-state index in [0.29, 0.717) is 22.2 Å². The van der Waals surface area contributed by atoms with E-state index in [-0.39, 0.29) is 24.1 Å². The number of nitrogens with zero attached hydrogens (tertiary/aromatic N) is 5. The number of furan rings is 1. The maximum atomic E-state index is 13.0. The summed E-state index contributed by atoms with van der Waals surface area (Å²) >= 11 is 1.24. The Morgan fingerprint density at radius 3 is 2.68 bits per heavy atom. The van der Waals surface area contributed by atoms with E-state index in [1.807, 2.05) is 32.0 Å². The molecule has 1 N–H and O–H groups in total. The Kier molecular flexibility index (Phi) is 7.07. The van der Waals surface area contributed by atoms with Gasteiger partial charge in [0.25, 0.3) is 5.91 Å². The number of thioether (sulfide) groups is 1. The van der Waals surface area contributed by atoms with Gasteiger partial charge in [-0.3, -0.25) is 9.59 Å². The van der Waals surface area contributed by atoms with Gasteiger partial charge < -0.3 is 14.6 Å². The summed E-state index contributed by atoms with van der Waals surface area (Å²) in [6, 6.07) is 16.5. The van der Waals surface area contributed by atoms with Crippen LogP contribution in [0.3, 0.4) is 0 Å². The molecular formula is C24H24N6O3S. The molecule has 2 amide bonds. The highest BCUT2D eigenvalue weighted by Crippen LogP contribution is 2.23. The Morgan fingerprint density at radius 1 is 1.09 bits per heavy atom. The molecule has 0 atom stereocenters. The van der Waals surface area contributed by atoms with Crippen molar-refractivity contribution in [1.82, 2.24) is 25.5 Å². The zero-order valence-corrected chi connectivity index (χ0v) is 19.9. The van der Waals surface area contributed by atoms with E-state index in [1.54, 1.807) is 54.4 Å². The molecule has 10 heteroatoms. The van der Waals surface area contributed by atoms with E-state index in [2.05, 4.69) is 20.8 Å². The zero-order valence-electron chi connectivity index (χ0n) is 19.1. The van der Waals surface area contributed by atoms with Crippen LogP contribution in [0, 0.1) is 13.8 Å². The molecule has 9 nitrogen and oxygen atoms in total. The normalized spacial score (nSPS) is 10.8. The average molecular weight is 477 g/mol. The SMILES string of the molecule is Cc1ccc(-n2nnnc2SCC(=O)N(C)c2ccccc2C(=O)NCc2ccco2)cc1C. The smallest absolute Gasteiger partial charge is 0.253 e. The van der Waals surface area contributed by atoms with E-state index in [1.165, 1.54) is 22.2 Å². The topological polar surface area (TPSA) is 106 Å². The zero-order chi connectivity index (χ0) is 24.1. The van der Waals surface area contributed by atoms with Crippen molar-refractivity contribution in [2.75, 3.05) is 17.7 Å². The summed E-state index contributed by atoms with van der Waals surface area (Å²) in [6.07, 6.45) is 1.55.